The summed E-state index contributed by atoms with van der Waals surface area (Å²) in [6.07, 6.45) is -1.03. The van der Waals surface area contributed by atoms with Gasteiger partial charge in [-0.25, -0.2) is 4.79 Å². The van der Waals surface area contributed by atoms with Crippen LogP contribution in [0.25, 0.3) is 0 Å². The van der Waals surface area contributed by atoms with Gasteiger partial charge >= 0.3 is 5.97 Å². The Morgan fingerprint density at radius 1 is 1.56 bits per heavy atom. The van der Waals surface area contributed by atoms with Crippen LogP contribution in [-0.4, -0.2) is 40.1 Å². The van der Waals surface area contributed by atoms with Gasteiger partial charge in [0.2, 0.25) is 0 Å². The van der Waals surface area contributed by atoms with E-state index in [2.05, 4.69) is 9.46 Å². The van der Waals surface area contributed by atoms with Gasteiger partial charge in [0.1, 0.15) is 6.23 Å². The first-order valence-corrected chi connectivity index (χ1v) is 6.64. The lowest BCUT2D eigenvalue weighted by atomic mass is 10.2. The predicted molar refractivity (Wildman–Crippen MR) is 67.1 cm³/mol. The van der Waals surface area contributed by atoms with E-state index in [-0.39, 0.29) is 6.54 Å². The van der Waals surface area contributed by atoms with Crippen LogP contribution < -0.4 is 9.03 Å². The quantitative estimate of drug-likeness (QED) is 0.591. The number of β-amino-alcohol motifs (C(OH)–C–C–N with tert-alkyl or cyclic N) is 1. The van der Waals surface area contributed by atoms with Crippen molar-refractivity contribution < 1.29 is 23.7 Å². The normalized spacial score (nSPS) is 23.8. The molecule has 1 aromatic carbocycles. The number of hydrogen-bond acceptors (Lipinski definition) is 7. The molecule has 2 rings (SSSR count). The topological polar surface area (TPSA) is 102 Å². The van der Waals surface area contributed by atoms with Crippen molar-refractivity contribution in [3.05, 3.63) is 29.8 Å². The second-order valence-corrected chi connectivity index (χ2v) is 5.47. The van der Waals surface area contributed by atoms with Crippen molar-refractivity contribution >= 4 is 22.6 Å². The highest BCUT2D eigenvalue weighted by molar-refractivity contribution is 8.24. The molecule has 0 aliphatic carbocycles. The largest absolute Gasteiger partial charge is 0.465 e. The standard InChI is InChI=1S/C10H14N2O5S/c1-17-10(14)7-3-2-4-8(5-7)12-6-9(13)11-18(12,15)16/h2-5,9,11,13,15-16H,6H2,1H3. The van der Waals surface area contributed by atoms with Crippen LogP contribution in [0.2, 0.25) is 0 Å². The molecule has 1 saturated heterocycles. The number of hydrogen-bond donors (Lipinski definition) is 4. The third-order valence-corrected chi connectivity index (χ3v) is 4.06. The average molecular weight is 274 g/mol. The number of carbonyl (C=O) groups excluding carboxylic acids is 1. The van der Waals surface area contributed by atoms with Crippen molar-refractivity contribution in [3.63, 3.8) is 0 Å². The molecule has 1 fully saturated rings. The number of aliphatic hydroxyl groups is 1. The number of methoxy groups -OCH3 is 1. The van der Waals surface area contributed by atoms with E-state index in [9.17, 15) is 19.0 Å². The van der Waals surface area contributed by atoms with Crippen molar-refractivity contribution in [1.29, 1.82) is 0 Å². The van der Waals surface area contributed by atoms with Gasteiger partial charge in [0.25, 0.3) is 0 Å². The molecule has 0 aromatic heterocycles. The van der Waals surface area contributed by atoms with Crippen molar-refractivity contribution in [3.8, 4) is 0 Å². The Bertz CT molecular complexity index is 467. The Morgan fingerprint density at radius 3 is 2.83 bits per heavy atom. The molecule has 0 radical (unpaired) electrons. The van der Waals surface area contributed by atoms with Gasteiger partial charge in [-0.2, -0.15) is 4.72 Å². The highest BCUT2D eigenvalue weighted by atomic mass is 32.3. The highest BCUT2D eigenvalue weighted by Gasteiger charge is 2.35. The highest BCUT2D eigenvalue weighted by Crippen LogP contribution is 2.46. The van der Waals surface area contributed by atoms with E-state index in [0.717, 1.165) is 0 Å². The van der Waals surface area contributed by atoms with Crippen molar-refractivity contribution in [1.82, 2.24) is 4.72 Å². The molecule has 8 heteroatoms. The third kappa shape index (κ3) is 2.42. The lowest BCUT2D eigenvalue weighted by molar-refractivity contribution is 0.0600. The molecule has 0 spiro atoms. The minimum absolute atomic E-state index is 0.0208. The third-order valence-electron chi connectivity index (χ3n) is 2.50. The summed E-state index contributed by atoms with van der Waals surface area (Å²) in [4.78, 5) is 11.4. The summed E-state index contributed by atoms with van der Waals surface area (Å²) < 4.78 is 27.5. The Labute approximate surface area is 106 Å². The van der Waals surface area contributed by atoms with Gasteiger partial charge in [-0.05, 0) is 18.2 Å². The molecule has 1 atom stereocenters. The second kappa shape index (κ2) is 4.75. The summed E-state index contributed by atoms with van der Waals surface area (Å²) in [6, 6.07) is 6.24. The number of anilines is 1. The van der Waals surface area contributed by atoms with Crippen LogP contribution in [0.5, 0.6) is 0 Å². The maximum atomic E-state index is 11.4. The number of rotatable bonds is 2. The first kappa shape index (κ1) is 13.1. The number of nitrogens with one attached hydrogen (secondary N) is 1. The zero-order valence-electron chi connectivity index (χ0n) is 9.61. The SMILES string of the molecule is COC(=O)c1cccc(N2CC(O)NS2(O)O)c1. The summed E-state index contributed by atoms with van der Waals surface area (Å²) in [5.74, 6) is -0.513. The fraction of sp³-hybridized carbons (Fsp3) is 0.300. The second-order valence-electron chi connectivity index (χ2n) is 3.76. The molecular weight excluding hydrogens is 260 g/mol. The van der Waals surface area contributed by atoms with Gasteiger partial charge in [-0.3, -0.25) is 13.4 Å². The van der Waals surface area contributed by atoms with E-state index in [0.29, 0.717) is 11.3 Å². The Kier molecular flexibility index (Phi) is 3.46. The summed E-state index contributed by atoms with van der Waals surface area (Å²) in [7, 11) is -1.99. The number of benzene rings is 1. The minimum atomic E-state index is -3.26. The summed E-state index contributed by atoms with van der Waals surface area (Å²) in [5, 5.41) is 9.38. The van der Waals surface area contributed by atoms with E-state index < -0.39 is 23.2 Å². The van der Waals surface area contributed by atoms with Crippen LogP contribution in [0.15, 0.2) is 24.3 Å². The number of aliphatic hydroxyl groups excluding tert-OH is 1. The van der Waals surface area contributed by atoms with Gasteiger partial charge < -0.3 is 9.84 Å². The van der Waals surface area contributed by atoms with Crippen LogP contribution in [0.3, 0.4) is 0 Å². The molecule has 0 saturated carbocycles. The van der Waals surface area contributed by atoms with Crippen molar-refractivity contribution in [2.24, 2.45) is 0 Å². The van der Waals surface area contributed by atoms with Crippen LogP contribution in [-0.2, 0) is 4.74 Å². The fourth-order valence-electron chi connectivity index (χ4n) is 1.70. The van der Waals surface area contributed by atoms with Crippen LogP contribution in [0.1, 0.15) is 10.4 Å². The van der Waals surface area contributed by atoms with Gasteiger partial charge in [-0.1, -0.05) is 17.0 Å². The van der Waals surface area contributed by atoms with E-state index in [1.54, 1.807) is 18.2 Å². The van der Waals surface area contributed by atoms with Crippen molar-refractivity contribution in [2.75, 3.05) is 18.0 Å². The van der Waals surface area contributed by atoms with E-state index >= 15 is 0 Å². The molecule has 1 aliphatic heterocycles. The zero-order valence-corrected chi connectivity index (χ0v) is 10.4. The van der Waals surface area contributed by atoms with Crippen LogP contribution in [0, 0.1) is 0 Å². The maximum Gasteiger partial charge on any atom is 0.337 e. The molecule has 0 bridgehead atoms. The molecule has 1 heterocycles. The van der Waals surface area contributed by atoms with Gasteiger partial charge in [0.05, 0.1) is 24.9 Å². The molecule has 4 N–H and O–H groups in total. The number of nitrogens with zero attached hydrogens (tertiary/aromatic N) is 1. The smallest absolute Gasteiger partial charge is 0.337 e. The molecule has 1 unspecified atom stereocenters. The summed E-state index contributed by atoms with van der Waals surface area (Å²) >= 11 is 0. The Hall–Kier alpha value is -1.32. The summed E-state index contributed by atoms with van der Waals surface area (Å²) in [6.45, 7) is 0.0208. The van der Waals surface area contributed by atoms with E-state index in [1.165, 1.54) is 17.5 Å². The monoisotopic (exact) mass is 274 g/mol. The molecule has 0 amide bonds. The number of carbonyl (C=O) groups is 1. The Balaban J connectivity index is 2.31. The van der Waals surface area contributed by atoms with Crippen molar-refractivity contribution in [2.45, 2.75) is 6.23 Å². The molecule has 1 aliphatic rings. The zero-order chi connectivity index (χ0) is 13.3. The van der Waals surface area contributed by atoms with E-state index in [4.69, 9.17) is 0 Å². The molecule has 18 heavy (non-hydrogen) atoms. The number of esters is 1. The molecular formula is C10H14N2O5S. The van der Waals surface area contributed by atoms with Gasteiger partial charge in [-0.15, -0.1) is 0 Å². The number of ether oxygens (including phenoxy) is 1. The first-order valence-electron chi connectivity index (χ1n) is 5.13. The van der Waals surface area contributed by atoms with Gasteiger partial charge in [0, 0.05) is 0 Å². The summed E-state index contributed by atoms with van der Waals surface area (Å²) in [5.41, 5.74) is 0.716. The Morgan fingerprint density at radius 2 is 2.28 bits per heavy atom. The molecule has 7 nitrogen and oxygen atoms in total. The maximum absolute atomic E-state index is 11.4. The van der Waals surface area contributed by atoms with E-state index in [1.807, 2.05) is 0 Å². The lowest BCUT2D eigenvalue weighted by Crippen LogP contribution is -2.25. The molecule has 100 valence electrons. The lowest BCUT2D eigenvalue weighted by Gasteiger charge is -2.36. The van der Waals surface area contributed by atoms with Crippen LogP contribution in [0.4, 0.5) is 5.69 Å². The minimum Gasteiger partial charge on any atom is -0.465 e. The molecule has 1 aromatic rings. The fourth-order valence-corrected chi connectivity index (χ4v) is 3.03. The van der Waals surface area contributed by atoms with Crippen LogP contribution >= 0.6 is 11.0 Å². The average Bonchev–Trinajstić information content (AvgIpc) is 2.61. The first-order chi connectivity index (χ1) is 8.44. The predicted octanol–water partition coefficient (Wildman–Crippen LogP) is 0.782. The van der Waals surface area contributed by atoms with Gasteiger partial charge in [0.15, 0.2) is 0 Å².